The molecule has 0 atom stereocenters. The summed E-state index contributed by atoms with van der Waals surface area (Å²) < 4.78 is 38.1. The van der Waals surface area contributed by atoms with Gasteiger partial charge in [0, 0.05) is 11.8 Å². The molecule has 0 fully saturated rings. The Morgan fingerprint density at radius 1 is 1.13 bits per heavy atom. The van der Waals surface area contributed by atoms with Gasteiger partial charge in [0.25, 0.3) is 5.91 Å². The van der Waals surface area contributed by atoms with Gasteiger partial charge in [0.15, 0.2) is 5.82 Å². The van der Waals surface area contributed by atoms with Crippen LogP contribution in [0.4, 0.5) is 14.8 Å². The van der Waals surface area contributed by atoms with Crippen molar-refractivity contribution in [1.82, 2.24) is 15.2 Å². The minimum absolute atomic E-state index is 0.0661. The number of anilines is 1. The number of rotatable bonds is 6. The van der Waals surface area contributed by atoms with Gasteiger partial charge in [0.1, 0.15) is 18.2 Å². The second-order valence-electron chi connectivity index (χ2n) is 6.25. The minimum atomic E-state index is -0.972. The first-order valence-corrected chi connectivity index (χ1v) is 9.28. The number of nitrogens with zero attached hydrogens (tertiary/aromatic N) is 3. The third kappa shape index (κ3) is 4.67. The van der Waals surface area contributed by atoms with E-state index in [1.807, 2.05) is 0 Å². The zero-order valence-corrected chi connectivity index (χ0v) is 16.4. The number of hydrogen-bond acceptors (Lipinski definition) is 6. The molecular formula is C21H13ClF2N4O3. The van der Waals surface area contributed by atoms with Crippen LogP contribution in [0.3, 0.4) is 0 Å². The average molecular weight is 443 g/mol. The number of pyridine rings is 1. The molecule has 0 unspecified atom stereocenters. The Morgan fingerprint density at radius 3 is 2.65 bits per heavy atom. The summed E-state index contributed by atoms with van der Waals surface area (Å²) in [6.07, 6.45) is 3.22. The average Bonchev–Trinajstić information content (AvgIpc) is 3.25. The molecule has 0 spiro atoms. The van der Waals surface area contributed by atoms with E-state index < -0.39 is 24.0 Å². The smallest absolute Gasteiger partial charge is 0.322 e. The van der Waals surface area contributed by atoms with Crippen molar-refractivity contribution in [2.24, 2.45) is 0 Å². The number of carbonyl (C=O) groups excluding carboxylic acids is 1. The Kier molecular flexibility index (Phi) is 5.85. The van der Waals surface area contributed by atoms with Crippen LogP contribution in [0, 0.1) is 5.82 Å². The van der Waals surface area contributed by atoms with Gasteiger partial charge >= 0.3 is 6.01 Å². The molecule has 4 aromatic rings. The zero-order chi connectivity index (χ0) is 21.8. The highest BCUT2D eigenvalue weighted by Gasteiger charge is 2.19. The maximum atomic E-state index is 14.1. The topological polar surface area (TPSA) is 90.1 Å². The lowest BCUT2D eigenvalue weighted by Gasteiger charge is -2.06. The first kappa shape index (κ1) is 20.4. The first-order chi connectivity index (χ1) is 15.0. The molecule has 0 radical (unpaired) electrons. The molecule has 10 heteroatoms. The van der Waals surface area contributed by atoms with Crippen molar-refractivity contribution in [3.63, 3.8) is 0 Å². The van der Waals surface area contributed by atoms with Gasteiger partial charge in [0.05, 0.1) is 16.8 Å². The lowest BCUT2D eigenvalue weighted by molar-refractivity contribution is 0.102. The van der Waals surface area contributed by atoms with Crippen LogP contribution in [0.15, 0.2) is 65.3 Å². The Balaban J connectivity index is 1.47. The summed E-state index contributed by atoms with van der Waals surface area (Å²) in [4.78, 5) is 16.3. The van der Waals surface area contributed by atoms with E-state index in [-0.39, 0.29) is 22.5 Å². The van der Waals surface area contributed by atoms with Crippen LogP contribution in [-0.2, 0) is 6.67 Å². The Morgan fingerprint density at radius 2 is 1.94 bits per heavy atom. The van der Waals surface area contributed by atoms with Crippen molar-refractivity contribution >= 4 is 23.5 Å². The van der Waals surface area contributed by atoms with Crippen molar-refractivity contribution in [3.8, 4) is 23.0 Å². The van der Waals surface area contributed by atoms with Crippen molar-refractivity contribution < 1.29 is 22.7 Å². The maximum Gasteiger partial charge on any atom is 0.322 e. The van der Waals surface area contributed by atoms with Crippen LogP contribution in [0.2, 0.25) is 5.02 Å². The number of halogens is 3. The molecule has 2 aromatic heterocycles. The second-order valence-corrected chi connectivity index (χ2v) is 6.66. The van der Waals surface area contributed by atoms with Crippen molar-refractivity contribution in [1.29, 1.82) is 0 Å². The molecule has 2 aromatic carbocycles. The lowest BCUT2D eigenvalue weighted by atomic mass is 10.1. The number of alkyl halides is 1. The molecule has 0 aliphatic carbocycles. The van der Waals surface area contributed by atoms with Crippen LogP contribution < -0.4 is 10.1 Å². The number of amides is 1. The van der Waals surface area contributed by atoms with Gasteiger partial charge in [-0.2, -0.15) is 0 Å². The van der Waals surface area contributed by atoms with Gasteiger partial charge in [-0.15, -0.1) is 5.10 Å². The fourth-order valence-electron chi connectivity index (χ4n) is 2.65. The van der Waals surface area contributed by atoms with Crippen molar-refractivity contribution in [2.45, 2.75) is 6.67 Å². The van der Waals surface area contributed by atoms with E-state index in [1.165, 1.54) is 0 Å². The summed E-state index contributed by atoms with van der Waals surface area (Å²) in [5, 5.41) is 9.50. The normalized spacial score (nSPS) is 10.7. The molecular weight excluding hydrogens is 430 g/mol. The molecule has 1 N–H and O–H groups in total. The van der Waals surface area contributed by atoms with E-state index >= 15 is 0 Å². The molecule has 0 saturated heterocycles. The monoisotopic (exact) mass is 442 g/mol. The van der Waals surface area contributed by atoms with Crippen LogP contribution >= 0.6 is 11.6 Å². The second kappa shape index (κ2) is 8.88. The number of carbonyl (C=O) groups is 1. The SMILES string of the molecule is O=C(Nc1nnc(-c2ccc(Oc3cccnc3)cc2)o1)c1cc(CF)cc(Cl)c1F. The van der Waals surface area contributed by atoms with E-state index in [4.69, 9.17) is 20.8 Å². The number of hydrogen-bond donors (Lipinski definition) is 1. The molecule has 156 valence electrons. The fraction of sp³-hybridized carbons (Fsp3) is 0.0476. The summed E-state index contributed by atoms with van der Waals surface area (Å²) in [7, 11) is 0. The number of nitrogens with one attached hydrogen (secondary N) is 1. The standard InChI is InChI=1S/C21H13ClF2N4O3/c22-17-9-12(10-23)8-16(18(17)24)19(29)26-21-28-27-20(31-21)13-3-5-14(6-4-13)30-15-2-1-7-25-11-15/h1-9,11H,10H2,(H,26,28,29). The largest absolute Gasteiger partial charge is 0.456 e. The van der Waals surface area contributed by atoms with E-state index in [0.717, 1.165) is 12.1 Å². The highest BCUT2D eigenvalue weighted by Crippen LogP contribution is 2.26. The number of benzene rings is 2. The van der Waals surface area contributed by atoms with Gasteiger partial charge in [0.2, 0.25) is 5.89 Å². The van der Waals surface area contributed by atoms with E-state index in [1.54, 1.807) is 48.8 Å². The zero-order valence-electron chi connectivity index (χ0n) is 15.7. The molecule has 1 amide bonds. The molecule has 0 bridgehead atoms. The third-order valence-corrected chi connectivity index (χ3v) is 4.38. The molecule has 31 heavy (non-hydrogen) atoms. The fourth-order valence-corrected chi connectivity index (χ4v) is 2.89. The summed E-state index contributed by atoms with van der Waals surface area (Å²) in [5.41, 5.74) is 0.202. The minimum Gasteiger partial charge on any atom is -0.456 e. The van der Waals surface area contributed by atoms with E-state index in [2.05, 4.69) is 20.5 Å². The first-order valence-electron chi connectivity index (χ1n) is 8.90. The Hall–Kier alpha value is -3.85. The van der Waals surface area contributed by atoms with E-state index in [9.17, 15) is 13.6 Å². The number of aromatic nitrogens is 3. The van der Waals surface area contributed by atoms with Crippen LogP contribution in [0.5, 0.6) is 11.5 Å². The summed E-state index contributed by atoms with van der Waals surface area (Å²) in [6, 6.07) is 12.2. The molecule has 7 nitrogen and oxygen atoms in total. The maximum absolute atomic E-state index is 14.1. The van der Waals surface area contributed by atoms with Crippen LogP contribution in [0.1, 0.15) is 15.9 Å². The van der Waals surface area contributed by atoms with Crippen molar-refractivity contribution in [3.05, 3.63) is 82.9 Å². The van der Waals surface area contributed by atoms with E-state index in [0.29, 0.717) is 17.1 Å². The highest BCUT2D eigenvalue weighted by atomic mass is 35.5. The molecule has 0 saturated carbocycles. The predicted octanol–water partition coefficient (Wildman–Crippen LogP) is 5.44. The van der Waals surface area contributed by atoms with Gasteiger partial charge in [-0.1, -0.05) is 16.7 Å². The van der Waals surface area contributed by atoms with Crippen LogP contribution in [-0.4, -0.2) is 21.1 Å². The third-order valence-electron chi connectivity index (χ3n) is 4.10. The Labute approximate surface area is 179 Å². The lowest BCUT2D eigenvalue weighted by Crippen LogP contribution is -2.14. The summed E-state index contributed by atoms with van der Waals surface area (Å²) >= 11 is 5.71. The van der Waals surface area contributed by atoms with Crippen molar-refractivity contribution in [2.75, 3.05) is 5.32 Å². The Bertz CT molecular complexity index is 1220. The highest BCUT2D eigenvalue weighted by molar-refractivity contribution is 6.31. The quantitative estimate of drug-likeness (QED) is 0.427. The van der Waals surface area contributed by atoms with Crippen LogP contribution in [0.25, 0.3) is 11.5 Å². The van der Waals surface area contributed by atoms with Gasteiger partial charge < -0.3 is 9.15 Å². The van der Waals surface area contributed by atoms with Gasteiger partial charge in [-0.05, 0) is 54.1 Å². The molecule has 2 heterocycles. The molecule has 0 aliphatic heterocycles. The summed E-state index contributed by atoms with van der Waals surface area (Å²) in [5.74, 6) is -0.586. The predicted molar refractivity (Wildman–Crippen MR) is 108 cm³/mol. The number of ether oxygens (including phenoxy) is 1. The molecule has 0 aliphatic rings. The molecule has 4 rings (SSSR count). The summed E-state index contributed by atoms with van der Waals surface area (Å²) in [6.45, 7) is -0.897. The van der Waals surface area contributed by atoms with Gasteiger partial charge in [-0.3, -0.25) is 15.1 Å². The van der Waals surface area contributed by atoms with Gasteiger partial charge in [-0.25, -0.2) is 8.78 Å².